The van der Waals surface area contributed by atoms with Crippen molar-refractivity contribution in [2.75, 3.05) is 13.1 Å². The maximum absolute atomic E-state index is 6.29. The Bertz CT molecular complexity index is 217. The predicted molar refractivity (Wildman–Crippen MR) is 78.9 cm³/mol. The third kappa shape index (κ3) is 4.89. The smallest absolute Gasteiger partial charge is 0.0809 e. The second-order valence-corrected chi connectivity index (χ2v) is 6.61. The van der Waals surface area contributed by atoms with Gasteiger partial charge < -0.3 is 10.1 Å². The summed E-state index contributed by atoms with van der Waals surface area (Å²) in [6.07, 6.45) is 6.65. The van der Waals surface area contributed by atoms with Crippen LogP contribution >= 0.6 is 0 Å². The van der Waals surface area contributed by atoms with Crippen molar-refractivity contribution in [2.24, 2.45) is 11.8 Å². The summed E-state index contributed by atoms with van der Waals surface area (Å²) in [5, 5.41) is 3.57. The van der Waals surface area contributed by atoms with Crippen LogP contribution in [-0.4, -0.2) is 24.8 Å². The maximum Gasteiger partial charge on any atom is 0.0809 e. The van der Waals surface area contributed by atoms with Crippen LogP contribution in [-0.2, 0) is 4.74 Å². The number of ether oxygens (including phenoxy) is 1. The van der Waals surface area contributed by atoms with Gasteiger partial charge in [0.25, 0.3) is 0 Å². The Kier molecular flexibility index (Phi) is 6.65. The van der Waals surface area contributed by atoms with Crippen molar-refractivity contribution >= 4 is 0 Å². The zero-order valence-corrected chi connectivity index (χ0v) is 13.1. The average Bonchev–Trinajstić information content (AvgIpc) is 2.29. The number of nitrogens with one attached hydrogen (secondary N) is 1. The molecule has 0 aliphatic heterocycles. The highest BCUT2D eigenvalue weighted by Gasteiger charge is 2.37. The fourth-order valence-corrected chi connectivity index (χ4v) is 3.16. The van der Waals surface area contributed by atoms with E-state index >= 15 is 0 Å². The first-order valence-electron chi connectivity index (χ1n) is 7.87. The van der Waals surface area contributed by atoms with E-state index in [1.165, 1.54) is 32.1 Å². The first-order valence-corrected chi connectivity index (χ1v) is 7.87. The van der Waals surface area contributed by atoms with Gasteiger partial charge in [0.1, 0.15) is 0 Å². The normalized spacial score (nSPS) is 29.2. The van der Waals surface area contributed by atoms with Gasteiger partial charge in [0, 0.05) is 6.54 Å². The van der Waals surface area contributed by atoms with E-state index < -0.39 is 0 Å². The second kappa shape index (κ2) is 7.49. The minimum absolute atomic E-state index is 0.106. The van der Waals surface area contributed by atoms with Gasteiger partial charge in [0.05, 0.1) is 11.7 Å². The molecule has 0 aromatic rings. The van der Waals surface area contributed by atoms with Gasteiger partial charge in [0.15, 0.2) is 0 Å². The van der Waals surface area contributed by atoms with Crippen molar-refractivity contribution in [2.45, 2.75) is 78.4 Å². The average molecular weight is 255 g/mol. The van der Waals surface area contributed by atoms with Gasteiger partial charge >= 0.3 is 0 Å². The topological polar surface area (TPSA) is 21.3 Å². The molecule has 1 N–H and O–H groups in total. The van der Waals surface area contributed by atoms with Crippen LogP contribution in [0.3, 0.4) is 0 Å². The zero-order chi connectivity index (χ0) is 13.6. The van der Waals surface area contributed by atoms with Crippen LogP contribution in [0.1, 0.15) is 66.7 Å². The summed E-state index contributed by atoms with van der Waals surface area (Å²) in [6.45, 7) is 13.4. The van der Waals surface area contributed by atoms with Crippen molar-refractivity contribution < 1.29 is 4.74 Å². The Hall–Kier alpha value is -0.0800. The molecule has 0 amide bonds. The second-order valence-electron chi connectivity index (χ2n) is 6.61. The van der Waals surface area contributed by atoms with Crippen LogP contribution in [0.25, 0.3) is 0 Å². The lowest BCUT2D eigenvalue weighted by atomic mass is 9.74. The molecule has 0 unspecified atom stereocenters. The van der Waals surface area contributed by atoms with Crippen LogP contribution in [0.5, 0.6) is 0 Å². The van der Waals surface area contributed by atoms with Crippen molar-refractivity contribution in [3.05, 3.63) is 0 Å². The lowest BCUT2D eigenvalue weighted by Crippen LogP contribution is -2.47. The van der Waals surface area contributed by atoms with E-state index in [1.54, 1.807) is 0 Å². The third-order valence-corrected chi connectivity index (χ3v) is 4.24. The number of hydrogen-bond acceptors (Lipinski definition) is 2. The van der Waals surface area contributed by atoms with Gasteiger partial charge in [-0.1, -0.05) is 20.8 Å². The predicted octanol–water partition coefficient (Wildman–Crippen LogP) is 4.00. The van der Waals surface area contributed by atoms with Crippen molar-refractivity contribution in [3.8, 4) is 0 Å². The Balaban J connectivity index is 2.52. The first kappa shape index (κ1) is 16.0. The van der Waals surface area contributed by atoms with E-state index in [0.29, 0.717) is 6.10 Å². The van der Waals surface area contributed by atoms with Crippen molar-refractivity contribution in [1.29, 1.82) is 0 Å². The largest absolute Gasteiger partial charge is 0.371 e. The quantitative estimate of drug-likeness (QED) is 0.694. The molecule has 0 aromatic heterocycles. The summed E-state index contributed by atoms with van der Waals surface area (Å²) >= 11 is 0. The molecule has 0 atom stereocenters. The minimum atomic E-state index is 0.106. The molecule has 0 spiro atoms. The lowest BCUT2D eigenvalue weighted by molar-refractivity contribution is -0.108. The Morgan fingerprint density at radius 2 is 1.78 bits per heavy atom. The van der Waals surface area contributed by atoms with Gasteiger partial charge in [0.2, 0.25) is 0 Å². The van der Waals surface area contributed by atoms with Gasteiger partial charge in [-0.2, -0.15) is 0 Å². The fourth-order valence-electron chi connectivity index (χ4n) is 3.16. The van der Waals surface area contributed by atoms with Crippen LogP contribution in [0, 0.1) is 11.8 Å². The van der Waals surface area contributed by atoms with Gasteiger partial charge in [-0.3, -0.25) is 0 Å². The fraction of sp³-hybridized carbons (Fsp3) is 1.00. The molecule has 0 heterocycles. The molecule has 0 radical (unpaired) electrons. The summed E-state index contributed by atoms with van der Waals surface area (Å²) in [5.41, 5.74) is 0.106. The molecule has 1 aliphatic rings. The van der Waals surface area contributed by atoms with Crippen LogP contribution in [0.4, 0.5) is 0 Å². The molecule has 1 rings (SSSR count). The molecule has 2 heteroatoms. The number of rotatable bonds is 7. The van der Waals surface area contributed by atoms with Crippen molar-refractivity contribution in [3.63, 3.8) is 0 Å². The Morgan fingerprint density at radius 3 is 2.22 bits per heavy atom. The lowest BCUT2D eigenvalue weighted by Gasteiger charge is -2.42. The maximum atomic E-state index is 6.29. The minimum Gasteiger partial charge on any atom is -0.371 e. The summed E-state index contributed by atoms with van der Waals surface area (Å²) in [4.78, 5) is 0. The molecule has 0 saturated heterocycles. The highest BCUT2D eigenvalue weighted by Crippen LogP contribution is 2.38. The molecular weight excluding hydrogens is 222 g/mol. The summed E-state index contributed by atoms with van der Waals surface area (Å²) < 4.78 is 6.29. The van der Waals surface area contributed by atoms with E-state index in [-0.39, 0.29) is 5.60 Å². The van der Waals surface area contributed by atoms with E-state index in [1.807, 2.05) is 0 Å². The third-order valence-electron chi connectivity index (χ3n) is 4.24. The molecule has 0 bridgehead atoms. The summed E-state index contributed by atoms with van der Waals surface area (Å²) in [6, 6.07) is 0. The SMILES string of the molecule is CCCNCC1(OC(C)C)CCC(C(C)C)CC1. The molecule has 2 nitrogen and oxygen atoms in total. The molecule has 0 aromatic carbocycles. The first-order chi connectivity index (χ1) is 8.49. The van der Waals surface area contributed by atoms with E-state index in [0.717, 1.165) is 24.9 Å². The summed E-state index contributed by atoms with van der Waals surface area (Å²) in [5.74, 6) is 1.73. The van der Waals surface area contributed by atoms with Crippen LogP contribution in [0.2, 0.25) is 0 Å². The zero-order valence-electron chi connectivity index (χ0n) is 13.1. The van der Waals surface area contributed by atoms with Crippen LogP contribution < -0.4 is 5.32 Å². The monoisotopic (exact) mass is 255 g/mol. The highest BCUT2D eigenvalue weighted by atomic mass is 16.5. The van der Waals surface area contributed by atoms with E-state index in [2.05, 4.69) is 39.9 Å². The van der Waals surface area contributed by atoms with Crippen LogP contribution in [0.15, 0.2) is 0 Å². The summed E-state index contributed by atoms with van der Waals surface area (Å²) in [7, 11) is 0. The Labute approximate surface area is 114 Å². The molecule has 18 heavy (non-hydrogen) atoms. The van der Waals surface area contributed by atoms with E-state index in [9.17, 15) is 0 Å². The van der Waals surface area contributed by atoms with Crippen molar-refractivity contribution in [1.82, 2.24) is 5.32 Å². The standard InChI is InChI=1S/C16H33NO/c1-6-11-17-12-16(18-14(4)5)9-7-15(8-10-16)13(2)3/h13-15,17H,6-12H2,1-5H3. The molecule has 1 aliphatic carbocycles. The van der Waals surface area contributed by atoms with E-state index in [4.69, 9.17) is 4.74 Å². The molecule has 108 valence electrons. The highest BCUT2D eigenvalue weighted by molar-refractivity contribution is 4.90. The molecule has 1 fully saturated rings. The van der Waals surface area contributed by atoms with Gasteiger partial charge in [-0.25, -0.2) is 0 Å². The van der Waals surface area contributed by atoms with Gasteiger partial charge in [-0.15, -0.1) is 0 Å². The van der Waals surface area contributed by atoms with Gasteiger partial charge in [-0.05, 0) is 64.3 Å². The molecule has 1 saturated carbocycles. The Morgan fingerprint density at radius 1 is 1.17 bits per heavy atom. The molecular formula is C16H33NO. The number of hydrogen-bond donors (Lipinski definition) is 1.